The van der Waals surface area contributed by atoms with E-state index in [4.69, 9.17) is 4.52 Å². The predicted octanol–water partition coefficient (Wildman–Crippen LogP) is 4.12. The normalized spacial score (nSPS) is 19.9. The molecule has 1 aliphatic carbocycles. The summed E-state index contributed by atoms with van der Waals surface area (Å²) in [6, 6.07) is 12.3. The average Bonchev–Trinajstić information content (AvgIpc) is 3.24. The fourth-order valence-electron chi connectivity index (χ4n) is 4.42. The van der Waals surface area contributed by atoms with Gasteiger partial charge in [-0.3, -0.25) is 4.79 Å². The number of nitrogens with one attached hydrogen (secondary N) is 1. The van der Waals surface area contributed by atoms with Crippen molar-refractivity contribution in [3.05, 3.63) is 42.1 Å². The summed E-state index contributed by atoms with van der Waals surface area (Å²) in [5.41, 5.74) is 1.28. The van der Waals surface area contributed by atoms with E-state index >= 15 is 0 Å². The van der Waals surface area contributed by atoms with E-state index in [0.29, 0.717) is 17.4 Å². The topological polar surface area (TPSA) is 58.4 Å². The quantitative estimate of drug-likeness (QED) is 0.864. The summed E-state index contributed by atoms with van der Waals surface area (Å²) in [6.45, 7) is 3.07. The molecule has 0 spiro atoms. The van der Waals surface area contributed by atoms with Crippen LogP contribution < -0.4 is 5.32 Å². The molecule has 1 aromatic heterocycles. The molecule has 2 aromatic rings. The van der Waals surface area contributed by atoms with E-state index in [1.54, 1.807) is 6.07 Å². The fraction of sp³-hybridized carbons (Fsp3) is 0.545. The molecule has 0 radical (unpaired) electrons. The fourth-order valence-corrected chi connectivity index (χ4v) is 4.42. The van der Waals surface area contributed by atoms with Crippen molar-refractivity contribution in [2.45, 2.75) is 51.0 Å². The lowest BCUT2D eigenvalue weighted by Gasteiger charge is -2.39. The van der Waals surface area contributed by atoms with E-state index in [2.05, 4.69) is 15.4 Å². The first-order chi connectivity index (χ1) is 13.3. The summed E-state index contributed by atoms with van der Waals surface area (Å²) in [5.74, 6) is 1.05. The van der Waals surface area contributed by atoms with Gasteiger partial charge in [-0.25, -0.2) is 0 Å². The Balaban J connectivity index is 1.24. The average molecular weight is 367 g/mol. The van der Waals surface area contributed by atoms with E-state index in [-0.39, 0.29) is 5.91 Å². The minimum Gasteiger partial charge on any atom is -0.355 e. The molecule has 0 bridgehead atoms. The lowest BCUT2D eigenvalue weighted by atomic mass is 9.90. The van der Waals surface area contributed by atoms with E-state index in [9.17, 15) is 4.79 Å². The van der Waals surface area contributed by atoms with Crippen LogP contribution in [0.15, 0.2) is 40.9 Å². The Hall–Kier alpha value is -2.14. The van der Waals surface area contributed by atoms with Gasteiger partial charge in [0.25, 0.3) is 5.91 Å². The highest BCUT2D eigenvalue weighted by molar-refractivity contribution is 5.93. The zero-order valence-electron chi connectivity index (χ0n) is 15.9. The zero-order valence-corrected chi connectivity index (χ0v) is 15.9. The van der Waals surface area contributed by atoms with Crippen LogP contribution in [0.2, 0.25) is 0 Å². The third kappa shape index (κ3) is 4.59. The number of aromatic nitrogens is 1. The highest BCUT2D eigenvalue weighted by Gasteiger charge is 2.26. The first kappa shape index (κ1) is 18.2. The van der Waals surface area contributed by atoms with Crippen LogP contribution in [0, 0.1) is 5.92 Å². The molecule has 1 amide bonds. The summed E-state index contributed by atoms with van der Waals surface area (Å²) >= 11 is 0. The first-order valence-corrected chi connectivity index (χ1v) is 10.3. The first-order valence-electron chi connectivity index (χ1n) is 10.3. The molecule has 2 fully saturated rings. The van der Waals surface area contributed by atoms with Gasteiger partial charge in [-0.05, 0) is 44.7 Å². The molecular weight excluding hydrogens is 338 g/mol. The Morgan fingerprint density at radius 2 is 1.81 bits per heavy atom. The van der Waals surface area contributed by atoms with Crippen LogP contribution >= 0.6 is 0 Å². The van der Waals surface area contributed by atoms with Crippen LogP contribution in [0.1, 0.15) is 55.4 Å². The second-order valence-electron chi connectivity index (χ2n) is 7.92. The van der Waals surface area contributed by atoms with Crippen molar-refractivity contribution < 1.29 is 9.32 Å². The van der Waals surface area contributed by atoms with Gasteiger partial charge >= 0.3 is 0 Å². The summed E-state index contributed by atoms with van der Waals surface area (Å²) in [7, 11) is 0. The van der Waals surface area contributed by atoms with Crippen LogP contribution in [-0.4, -0.2) is 41.6 Å². The summed E-state index contributed by atoms with van der Waals surface area (Å²) < 4.78 is 5.33. The van der Waals surface area contributed by atoms with Gasteiger partial charge in [0.2, 0.25) is 0 Å². The highest BCUT2D eigenvalue weighted by Crippen LogP contribution is 2.27. The zero-order chi connectivity index (χ0) is 18.5. The Kier molecular flexibility index (Phi) is 5.87. The van der Waals surface area contributed by atoms with Gasteiger partial charge in [-0.1, -0.05) is 54.8 Å². The van der Waals surface area contributed by atoms with Crippen molar-refractivity contribution in [1.29, 1.82) is 0 Å². The van der Waals surface area contributed by atoms with Crippen LogP contribution in [-0.2, 0) is 0 Å². The number of rotatable bonds is 5. The van der Waals surface area contributed by atoms with Crippen molar-refractivity contribution in [3.8, 4) is 11.3 Å². The molecule has 1 aromatic carbocycles. The molecule has 1 saturated heterocycles. The molecule has 4 rings (SSSR count). The van der Waals surface area contributed by atoms with Gasteiger partial charge in [0.15, 0.2) is 11.5 Å². The maximum atomic E-state index is 12.4. The molecule has 0 unspecified atom stereocenters. The van der Waals surface area contributed by atoms with E-state index in [1.165, 1.54) is 58.0 Å². The van der Waals surface area contributed by atoms with Crippen LogP contribution in [0.3, 0.4) is 0 Å². The number of hydrogen-bond donors (Lipinski definition) is 1. The molecule has 0 atom stereocenters. The van der Waals surface area contributed by atoms with Crippen molar-refractivity contribution in [2.75, 3.05) is 19.6 Å². The third-order valence-corrected chi connectivity index (χ3v) is 6.09. The predicted molar refractivity (Wildman–Crippen MR) is 105 cm³/mol. The molecule has 144 valence electrons. The lowest BCUT2D eigenvalue weighted by molar-refractivity contribution is 0.0892. The number of nitrogens with zero attached hydrogens (tertiary/aromatic N) is 2. The number of hydrogen-bond acceptors (Lipinski definition) is 4. The molecule has 2 heterocycles. The van der Waals surface area contributed by atoms with Crippen molar-refractivity contribution >= 4 is 5.91 Å². The number of piperidine rings is 1. The monoisotopic (exact) mass is 367 g/mol. The number of benzene rings is 1. The summed E-state index contributed by atoms with van der Waals surface area (Å²) in [6.07, 6.45) is 9.28. The minimum atomic E-state index is -0.143. The Morgan fingerprint density at radius 1 is 1.07 bits per heavy atom. The van der Waals surface area contributed by atoms with E-state index in [1.807, 2.05) is 30.3 Å². The number of amides is 1. The maximum Gasteiger partial charge on any atom is 0.273 e. The van der Waals surface area contributed by atoms with Crippen molar-refractivity contribution in [2.24, 2.45) is 5.92 Å². The molecule has 1 aliphatic heterocycles. The van der Waals surface area contributed by atoms with Crippen molar-refractivity contribution in [1.82, 2.24) is 15.4 Å². The maximum absolute atomic E-state index is 12.4. The molecule has 2 aliphatic rings. The third-order valence-electron chi connectivity index (χ3n) is 6.09. The number of carbonyl (C=O) groups is 1. The Morgan fingerprint density at radius 3 is 2.56 bits per heavy atom. The van der Waals surface area contributed by atoms with Crippen molar-refractivity contribution in [3.63, 3.8) is 0 Å². The van der Waals surface area contributed by atoms with Crippen LogP contribution in [0.4, 0.5) is 0 Å². The molecule has 1 N–H and O–H groups in total. The smallest absolute Gasteiger partial charge is 0.273 e. The molecule has 5 nitrogen and oxygen atoms in total. The summed E-state index contributed by atoms with van der Waals surface area (Å²) in [4.78, 5) is 15.1. The van der Waals surface area contributed by atoms with Gasteiger partial charge in [0.1, 0.15) is 0 Å². The molecule has 1 saturated carbocycles. The van der Waals surface area contributed by atoms with Gasteiger partial charge in [0, 0.05) is 24.2 Å². The van der Waals surface area contributed by atoms with Crippen LogP contribution in [0.5, 0.6) is 0 Å². The Labute approximate surface area is 161 Å². The lowest BCUT2D eigenvalue weighted by Crippen LogP contribution is -2.44. The molecule has 5 heteroatoms. The second kappa shape index (κ2) is 8.70. The highest BCUT2D eigenvalue weighted by atomic mass is 16.5. The second-order valence-corrected chi connectivity index (χ2v) is 7.92. The SMILES string of the molecule is O=C(NCC1CCN(C2CCCCC2)CC1)c1cc(-c2ccccc2)on1. The number of likely N-dealkylation sites (tertiary alicyclic amines) is 1. The molecular formula is C22H29N3O2. The van der Waals surface area contributed by atoms with E-state index < -0.39 is 0 Å². The van der Waals surface area contributed by atoms with Gasteiger partial charge in [-0.15, -0.1) is 0 Å². The van der Waals surface area contributed by atoms with E-state index in [0.717, 1.165) is 18.2 Å². The van der Waals surface area contributed by atoms with Crippen LogP contribution in [0.25, 0.3) is 11.3 Å². The summed E-state index contributed by atoms with van der Waals surface area (Å²) in [5, 5.41) is 6.98. The van der Waals surface area contributed by atoms with Gasteiger partial charge in [-0.2, -0.15) is 0 Å². The van der Waals surface area contributed by atoms with Gasteiger partial charge < -0.3 is 14.7 Å². The Bertz CT molecular complexity index is 729. The minimum absolute atomic E-state index is 0.143. The van der Waals surface area contributed by atoms with Gasteiger partial charge in [0.05, 0.1) is 0 Å². The molecule has 27 heavy (non-hydrogen) atoms. The number of carbonyl (C=O) groups excluding carboxylic acids is 1. The standard InChI is InChI=1S/C22H29N3O2/c26-22(20-15-21(27-24-20)18-7-3-1-4-8-18)23-16-17-11-13-25(14-12-17)19-9-5-2-6-10-19/h1,3-4,7-8,15,17,19H,2,5-6,9-14,16H2,(H,23,26). The largest absolute Gasteiger partial charge is 0.355 e.